The molecule has 4 heteroatoms. The number of oxazole rings is 1. The van der Waals surface area contributed by atoms with E-state index in [1.54, 1.807) is 0 Å². The van der Waals surface area contributed by atoms with E-state index in [9.17, 15) is 0 Å². The van der Waals surface area contributed by atoms with Gasteiger partial charge in [-0.1, -0.05) is 0 Å². The maximum Gasteiger partial charge on any atom is 0.208 e. The van der Waals surface area contributed by atoms with Gasteiger partial charge in [0.25, 0.3) is 0 Å². The molecular weight excluding hydrogens is 204 g/mol. The lowest BCUT2D eigenvalue weighted by atomic mass is 10.3. The number of rotatable bonds is 8. The molecular formula is C12H20N2O2. The van der Waals surface area contributed by atoms with Crippen molar-refractivity contribution in [3.8, 4) is 0 Å². The van der Waals surface area contributed by atoms with Crippen molar-refractivity contribution in [1.29, 1.82) is 0 Å². The zero-order chi connectivity index (χ0) is 11.2. The third-order valence-electron chi connectivity index (χ3n) is 2.64. The summed E-state index contributed by atoms with van der Waals surface area (Å²) in [4.78, 5) is 4.24. The highest BCUT2D eigenvalue weighted by Crippen LogP contribution is 2.19. The normalized spacial score (nSPS) is 15.6. The Balaban J connectivity index is 1.64. The van der Waals surface area contributed by atoms with Crippen LogP contribution in [0.5, 0.6) is 0 Å². The minimum Gasteiger partial charge on any atom is -0.444 e. The van der Waals surface area contributed by atoms with E-state index in [-0.39, 0.29) is 0 Å². The summed E-state index contributed by atoms with van der Waals surface area (Å²) in [5, 5.41) is 3.38. The number of aromatic nitrogens is 1. The van der Waals surface area contributed by atoms with Crippen LogP contribution in [0.4, 0.5) is 0 Å². The van der Waals surface area contributed by atoms with E-state index >= 15 is 0 Å². The van der Waals surface area contributed by atoms with Gasteiger partial charge >= 0.3 is 0 Å². The summed E-state index contributed by atoms with van der Waals surface area (Å²) in [6, 6.07) is 0.702. The van der Waals surface area contributed by atoms with Crippen LogP contribution < -0.4 is 5.32 Å². The molecule has 0 saturated heterocycles. The van der Waals surface area contributed by atoms with Gasteiger partial charge in [-0.2, -0.15) is 0 Å². The van der Waals surface area contributed by atoms with Gasteiger partial charge in [0.2, 0.25) is 5.89 Å². The highest BCUT2D eigenvalue weighted by Gasteiger charge is 2.20. The Labute approximate surface area is 96.4 Å². The summed E-state index contributed by atoms with van der Waals surface area (Å²) in [6.45, 7) is 4.35. The minimum atomic E-state index is 0.702. The largest absolute Gasteiger partial charge is 0.444 e. The summed E-state index contributed by atoms with van der Waals surface area (Å²) in [5.74, 6) is 1.77. The molecule has 0 radical (unpaired) electrons. The SMILES string of the molecule is CCOCCCc1cnc(CNC2CC2)o1. The van der Waals surface area contributed by atoms with Gasteiger partial charge in [-0.05, 0) is 26.2 Å². The fourth-order valence-corrected chi connectivity index (χ4v) is 1.56. The third kappa shape index (κ3) is 3.94. The molecule has 1 fully saturated rings. The topological polar surface area (TPSA) is 47.3 Å². The molecule has 0 aromatic carbocycles. The molecule has 1 aromatic rings. The Kier molecular flexibility index (Phi) is 4.36. The van der Waals surface area contributed by atoms with E-state index in [0.29, 0.717) is 6.04 Å². The molecule has 2 rings (SSSR count). The van der Waals surface area contributed by atoms with Crippen LogP contribution in [-0.2, 0) is 17.7 Å². The first-order valence-electron chi connectivity index (χ1n) is 6.13. The maximum atomic E-state index is 5.61. The van der Waals surface area contributed by atoms with Gasteiger partial charge in [0, 0.05) is 25.7 Å². The molecule has 1 aliphatic carbocycles. The van der Waals surface area contributed by atoms with Crippen LogP contribution in [0.2, 0.25) is 0 Å². The highest BCUT2D eigenvalue weighted by molar-refractivity contribution is 4.95. The van der Waals surface area contributed by atoms with E-state index in [1.807, 2.05) is 13.1 Å². The second kappa shape index (κ2) is 6.01. The molecule has 0 atom stereocenters. The van der Waals surface area contributed by atoms with Crippen molar-refractivity contribution in [2.24, 2.45) is 0 Å². The van der Waals surface area contributed by atoms with Crippen LogP contribution in [-0.4, -0.2) is 24.2 Å². The number of hydrogen-bond donors (Lipinski definition) is 1. The maximum absolute atomic E-state index is 5.61. The Hall–Kier alpha value is -0.870. The molecule has 0 spiro atoms. The molecule has 1 saturated carbocycles. The first-order chi connectivity index (χ1) is 7.88. The molecule has 1 aliphatic rings. The molecule has 1 N–H and O–H groups in total. The van der Waals surface area contributed by atoms with Gasteiger partial charge in [-0.25, -0.2) is 4.98 Å². The van der Waals surface area contributed by atoms with Gasteiger partial charge in [-0.3, -0.25) is 0 Å². The van der Waals surface area contributed by atoms with E-state index in [4.69, 9.17) is 9.15 Å². The van der Waals surface area contributed by atoms with Crippen molar-refractivity contribution in [2.45, 2.75) is 45.2 Å². The lowest BCUT2D eigenvalue weighted by Crippen LogP contribution is -2.15. The molecule has 90 valence electrons. The summed E-state index contributed by atoms with van der Waals surface area (Å²) >= 11 is 0. The Morgan fingerprint density at radius 1 is 1.56 bits per heavy atom. The van der Waals surface area contributed by atoms with Crippen LogP contribution in [0.25, 0.3) is 0 Å². The van der Waals surface area contributed by atoms with Gasteiger partial charge < -0.3 is 14.5 Å². The average molecular weight is 224 g/mol. The number of nitrogens with zero attached hydrogens (tertiary/aromatic N) is 1. The average Bonchev–Trinajstić information content (AvgIpc) is 3.02. The summed E-state index contributed by atoms with van der Waals surface area (Å²) in [7, 11) is 0. The van der Waals surface area contributed by atoms with Crippen molar-refractivity contribution < 1.29 is 9.15 Å². The molecule has 0 amide bonds. The lowest BCUT2D eigenvalue weighted by Gasteiger charge is -1.99. The quantitative estimate of drug-likeness (QED) is 0.685. The Bertz CT molecular complexity index is 308. The van der Waals surface area contributed by atoms with Gasteiger partial charge in [0.1, 0.15) is 5.76 Å². The zero-order valence-corrected chi connectivity index (χ0v) is 9.87. The van der Waals surface area contributed by atoms with E-state index in [1.165, 1.54) is 12.8 Å². The van der Waals surface area contributed by atoms with E-state index < -0.39 is 0 Å². The minimum absolute atomic E-state index is 0.702. The smallest absolute Gasteiger partial charge is 0.208 e. The molecule has 4 nitrogen and oxygen atoms in total. The summed E-state index contributed by atoms with van der Waals surface area (Å²) in [5.41, 5.74) is 0. The molecule has 16 heavy (non-hydrogen) atoms. The van der Waals surface area contributed by atoms with Crippen LogP contribution in [0.1, 0.15) is 37.8 Å². The number of ether oxygens (including phenoxy) is 1. The molecule has 1 aromatic heterocycles. The van der Waals surface area contributed by atoms with E-state index in [2.05, 4.69) is 10.3 Å². The third-order valence-corrected chi connectivity index (χ3v) is 2.64. The first kappa shape index (κ1) is 11.6. The number of hydrogen-bond acceptors (Lipinski definition) is 4. The van der Waals surface area contributed by atoms with Crippen LogP contribution in [0.3, 0.4) is 0 Å². The Morgan fingerprint density at radius 3 is 3.19 bits per heavy atom. The second-order valence-electron chi connectivity index (χ2n) is 4.18. The van der Waals surface area contributed by atoms with Crippen molar-refractivity contribution in [1.82, 2.24) is 10.3 Å². The van der Waals surface area contributed by atoms with Gasteiger partial charge in [-0.15, -0.1) is 0 Å². The zero-order valence-electron chi connectivity index (χ0n) is 9.87. The molecule has 0 unspecified atom stereocenters. The Morgan fingerprint density at radius 2 is 2.44 bits per heavy atom. The second-order valence-corrected chi connectivity index (χ2v) is 4.18. The van der Waals surface area contributed by atoms with E-state index in [0.717, 1.165) is 44.3 Å². The van der Waals surface area contributed by atoms with Crippen LogP contribution in [0, 0.1) is 0 Å². The van der Waals surface area contributed by atoms with Crippen molar-refractivity contribution in [3.63, 3.8) is 0 Å². The number of nitrogens with one attached hydrogen (secondary N) is 1. The van der Waals surface area contributed by atoms with Crippen molar-refractivity contribution in [3.05, 3.63) is 17.8 Å². The molecule has 0 bridgehead atoms. The molecule has 0 aliphatic heterocycles. The lowest BCUT2D eigenvalue weighted by molar-refractivity contribution is 0.144. The van der Waals surface area contributed by atoms with Gasteiger partial charge in [0.15, 0.2) is 0 Å². The monoisotopic (exact) mass is 224 g/mol. The standard InChI is InChI=1S/C12H20N2O2/c1-2-15-7-3-4-11-8-14-12(16-11)9-13-10-5-6-10/h8,10,13H,2-7,9H2,1H3. The number of aryl methyl sites for hydroxylation is 1. The van der Waals surface area contributed by atoms with Crippen LogP contribution >= 0.6 is 0 Å². The van der Waals surface area contributed by atoms with Crippen LogP contribution in [0.15, 0.2) is 10.6 Å². The van der Waals surface area contributed by atoms with Gasteiger partial charge in [0.05, 0.1) is 12.7 Å². The van der Waals surface area contributed by atoms with Crippen molar-refractivity contribution >= 4 is 0 Å². The first-order valence-corrected chi connectivity index (χ1v) is 6.13. The fourth-order valence-electron chi connectivity index (χ4n) is 1.56. The predicted molar refractivity (Wildman–Crippen MR) is 61.2 cm³/mol. The highest BCUT2D eigenvalue weighted by atomic mass is 16.5. The molecule has 1 heterocycles. The summed E-state index contributed by atoms with van der Waals surface area (Å²) < 4.78 is 10.9. The fraction of sp³-hybridized carbons (Fsp3) is 0.750. The van der Waals surface area contributed by atoms with Crippen molar-refractivity contribution in [2.75, 3.05) is 13.2 Å². The predicted octanol–water partition coefficient (Wildman–Crippen LogP) is 1.90. The summed E-state index contributed by atoms with van der Waals surface area (Å²) in [6.07, 6.45) is 6.33.